The van der Waals surface area contributed by atoms with Crippen LogP contribution in [0.3, 0.4) is 0 Å². The number of aromatic nitrogens is 2. The van der Waals surface area contributed by atoms with Gasteiger partial charge in [0.15, 0.2) is 6.33 Å². The molecule has 1 aromatic heterocycles. The molecule has 0 aliphatic heterocycles. The van der Waals surface area contributed by atoms with Gasteiger partial charge in [-0.3, -0.25) is 0 Å². The molecule has 0 atom stereocenters. The summed E-state index contributed by atoms with van der Waals surface area (Å²) in [6.07, 6.45) is 4.49. The van der Waals surface area contributed by atoms with Crippen molar-refractivity contribution in [2.45, 2.75) is 0 Å². The van der Waals surface area contributed by atoms with Crippen molar-refractivity contribution in [1.82, 2.24) is 9.97 Å². The van der Waals surface area contributed by atoms with E-state index < -0.39 is 0 Å². The Labute approximate surface area is 105 Å². The summed E-state index contributed by atoms with van der Waals surface area (Å²) in [5.74, 6) is 1.64. The highest BCUT2D eigenvalue weighted by Crippen LogP contribution is 2.24. The maximum Gasteiger partial charge on any atom is 0.174 e. The van der Waals surface area contributed by atoms with Crippen LogP contribution in [0.25, 0.3) is 11.3 Å². The molecule has 0 fully saturated rings. The van der Waals surface area contributed by atoms with Crippen molar-refractivity contribution in [3.63, 3.8) is 0 Å². The first-order chi connectivity index (χ1) is 8.92. The van der Waals surface area contributed by atoms with Crippen LogP contribution in [0.2, 0.25) is 0 Å². The molecule has 3 aromatic rings. The largest absolute Gasteiger partial charge is 0.457 e. The number of rotatable bonds is 3. The second-order valence-electron chi connectivity index (χ2n) is 3.84. The molecule has 3 rings (SSSR count). The van der Waals surface area contributed by atoms with Crippen LogP contribution in [0.5, 0.6) is 11.5 Å². The molecule has 1 N–H and O–H groups in total. The normalized spacial score (nSPS) is 10.2. The molecule has 0 saturated carbocycles. The van der Waals surface area contributed by atoms with Crippen molar-refractivity contribution in [3.8, 4) is 22.8 Å². The molecule has 1 radical (unpaired) electrons. The summed E-state index contributed by atoms with van der Waals surface area (Å²) in [7, 11) is 0. The summed E-state index contributed by atoms with van der Waals surface area (Å²) in [6.45, 7) is 0. The molecule has 2 aromatic carbocycles. The molecule has 0 unspecified atom stereocenters. The van der Waals surface area contributed by atoms with E-state index in [4.69, 9.17) is 4.74 Å². The van der Waals surface area contributed by atoms with Gasteiger partial charge in [0, 0.05) is 11.8 Å². The second kappa shape index (κ2) is 4.75. The van der Waals surface area contributed by atoms with Crippen molar-refractivity contribution in [2.75, 3.05) is 0 Å². The van der Waals surface area contributed by atoms with Gasteiger partial charge in [0.2, 0.25) is 0 Å². The predicted octanol–water partition coefficient (Wildman–Crippen LogP) is 3.67. The molecule has 0 saturated heterocycles. The lowest BCUT2D eigenvalue weighted by Gasteiger charge is -2.05. The van der Waals surface area contributed by atoms with Gasteiger partial charge in [-0.05, 0) is 36.4 Å². The van der Waals surface area contributed by atoms with Gasteiger partial charge < -0.3 is 9.72 Å². The van der Waals surface area contributed by atoms with Crippen molar-refractivity contribution >= 4 is 0 Å². The van der Waals surface area contributed by atoms with Crippen LogP contribution in [0.4, 0.5) is 0 Å². The number of ether oxygens (including phenoxy) is 1. The molecular weight excluding hydrogens is 224 g/mol. The van der Waals surface area contributed by atoms with Crippen molar-refractivity contribution < 1.29 is 4.74 Å². The first-order valence-electron chi connectivity index (χ1n) is 5.66. The third kappa shape index (κ3) is 2.25. The summed E-state index contributed by atoms with van der Waals surface area (Å²) in [4.78, 5) is 6.89. The fourth-order valence-corrected chi connectivity index (χ4v) is 1.69. The number of para-hydroxylation sites is 1. The lowest BCUT2D eigenvalue weighted by Crippen LogP contribution is -1.84. The van der Waals surface area contributed by atoms with E-state index in [1.807, 2.05) is 60.8 Å². The summed E-state index contributed by atoms with van der Waals surface area (Å²) in [5.41, 5.74) is 1.91. The van der Waals surface area contributed by atoms with E-state index in [-0.39, 0.29) is 0 Å². The Bertz CT molecular complexity index is 601. The Balaban J connectivity index is 1.80. The van der Waals surface area contributed by atoms with Crippen LogP contribution >= 0.6 is 0 Å². The number of hydrogen-bond donors (Lipinski definition) is 1. The standard InChI is InChI=1S/C15H11N2O/c1-2-4-13(5-3-1)18-14-8-6-12(7-9-14)15-10-16-11-17-15/h1-10H,(H,16,17). The molecule has 1 heterocycles. The highest BCUT2D eigenvalue weighted by Gasteiger charge is 2.01. The van der Waals surface area contributed by atoms with E-state index in [0.717, 1.165) is 22.8 Å². The number of nitrogens with zero attached hydrogens (tertiary/aromatic N) is 1. The monoisotopic (exact) mass is 235 g/mol. The van der Waals surface area contributed by atoms with Crippen LogP contribution in [0, 0.1) is 6.33 Å². The van der Waals surface area contributed by atoms with E-state index in [1.54, 1.807) is 0 Å². The van der Waals surface area contributed by atoms with Crippen LogP contribution in [0.1, 0.15) is 0 Å². The molecular formula is C15H11N2O. The Morgan fingerprint density at radius 2 is 1.61 bits per heavy atom. The SMILES string of the molecule is [c]1nc(-c2ccc(Oc3ccccc3)cc2)c[nH]1. The number of imidazole rings is 1. The van der Waals surface area contributed by atoms with E-state index in [0.29, 0.717) is 0 Å². The quantitative estimate of drug-likeness (QED) is 0.752. The van der Waals surface area contributed by atoms with Crippen molar-refractivity contribution in [1.29, 1.82) is 0 Å². The highest BCUT2D eigenvalue weighted by molar-refractivity contribution is 5.59. The molecule has 0 amide bonds. The first kappa shape index (κ1) is 10.6. The minimum atomic E-state index is 0.810. The molecule has 87 valence electrons. The van der Waals surface area contributed by atoms with Gasteiger partial charge in [-0.2, -0.15) is 0 Å². The third-order valence-electron chi connectivity index (χ3n) is 2.58. The lowest BCUT2D eigenvalue weighted by atomic mass is 10.2. The second-order valence-corrected chi connectivity index (χ2v) is 3.84. The summed E-state index contributed by atoms with van der Waals surface area (Å²) >= 11 is 0. The van der Waals surface area contributed by atoms with Crippen LogP contribution in [-0.2, 0) is 0 Å². The number of nitrogens with one attached hydrogen (secondary N) is 1. The van der Waals surface area contributed by atoms with Crippen molar-refractivity contribution in [2.24, 2.45) is 0 Å². The first-order valence-corrected chi connectivity index (χ1v) is 5.66. The van der Waals surface area contributed by atoms with Gasteiger partial charge >= 0.3 is 0 Å². The number of benzene rings is 2. The average molecular weight is 235 g/mol. The topological polar surface area (TPSA) is 37.9 Å². The molecule has 3 nitrogen and oxygen atoms in total. The lowest BCUT2D eigenvalue weighted by molar-refractivity contribution is 0.483. The smallest absolute Gasteiger partial charge is 0.174 e. The maximum absolute atomic E-state index is 5.71. The minimum absolute atomic E-state index is 0.810. The molecule has 18 heavy (non-hydrogen) atoms. The predicted molar refractivity (Wildman–Crippen MR) is 69.4 cm³/mol. The number of H-pyrrole nitrogens is 1. The number of hydrogen-bond acceptors (Lipinski definition) is 2. The summed E-state index contributed by atoms with van der Waals surface area (Å²) < 4.78 is 5.71. The zero-order chi connectivity index (χ0) is 12.2. The van der Waals surface area contributed by atoms with Gasteiger partial charge in [0.05, 0.1) is 5.69 Å². The van der Waals surface area contributed by atoms with Gasteiger partial charge in [-0.1, -0.05) is 18.2 Å². The van der Waals surface area contributed by atoms with E-state index in [1.165, 1.54) is 0 Å². The van der Waals surface area contributed by atoms with E-state index in [2.05, 4.69) is 16.3 Å². The molecule has 0 aliphatic carbocycles. The maximum atomic E-state index is 5.71. The zero-order valence-electron chi connectivity index (χ0n) is 9.63. The third-order valence-corrected chi connectivity index (χ3v) is 2.58. The molecule has 0 spiro atoms. The average Bonchev–Trinajstić information content (AvgIpc) is 2.95. The van der Waals surface area contributed by atoms with Gasteiger partial charge in [0.25, 0.3) is 0 Å². The minimum Gasteiger partial charge on any atom is -0.457 e. The molecule has 3 heteroatoms. The van der Waals surface area contributed by atoms with Gasteiger partial charge in [-0.25, -0.2) is 4.98 Å². The molecule has 0 aliphatic rings. The summed E-state index contributed by atoms with van der Waals surface area (Å²) in [6, 6.07) is 17.5. The Kier molecular flexibility index (Phi) is 2.80. The van der Waals surface area contributed by atoms with Gasteiger partial charge in [-0.15, -0.1) is 0 Å². The van der Waals surface area contributed by atoms with Gasteiger partial charge in [0.1, 0.15) is 11.5 Å². The van der Waals surface area contributed by atoms with Crippen LogP contribution in [0.15, 0.2) is 60.8 Å². The Morgan fingerprint density at radius 3 is 2.28 bits per heavy atom. The van der Waals surface area contributed by atoms with Crippen LogP contribution in [-0.4, -0.2) is 9.97 Å². The Hall–Kier alpha value is -2.55. The summed E-state index contributed by atoms with van der Waals surface area (Å²) in [5, 5.41) is 0. The highest BCUT2D eigenvalue weighted by atomic mass is 16.5. The van der Waals surface area contributed by atoms with E-state index >= 15 is 0 Å². The van der Waals surface area contributed by atoms with Crippen LogP contribution < -0.4 is 4.74 Å². The fraction of sp³-hybridized carbons (Fsp3) is 0. The van der Waals surface area contributed by atoms with E-state index in [9.17, 15) is 0 Å². The molecule has 0 bridgehead atoms. The Morgan fingerprint density at radius 1 is 0.889 bits per heavy atom. The van der Waals surface area contributed by atoms with Crippen molar-refractivity contribution in [3.05, 3.63) is 67.1 Å². The number of aromatic amines is 1. The fourth-order valence-electron chi connectivity index (χ4n) is 1.69. The zero-order valence-corrected chi connectivity index (χ0v) is 9.63.